The number of aromatic hydroxyl groups is 1. The second-order valence-corrected chi connectivity index (χ2v) is 16.8. The maximum Gasteiger partial charge on any atom is 0.413 e. The van der Waals surface area contributed by atoms with E-state index in [0.29, 0.717) is 31.2 Å². The van der Waals surface area contributed by atoms with Crippen LogP contribution in [0.3, 0.4) is 0 Å². The Kier molecular flexibility index (Phi) is 8.92. The van der Waals surface area contributed by atoms with E-state index in [1.54, 1.807) is 18.7 Å². The van der Waals surface area contributed by atoms with Gasteiger partial charge in [0.2, 0.25) is 6.29 Å². The quantitative estimate of drug-likeness (QED) is 0.0876. The third-order valence-corrected chi connectivity index (χ3v) is 12.7. The van der Waals surface area contributed by atoms with E-state index < -0.39 is 52.8 Å². The maximum absolute atomic E-state index is 17.2. The first-order chi connectivity index (χ1) is 27.6. The van der Waals surface area contributed by atoms with Gasteiger partial charge in [0.1, 0.15) is 35.2 Å². The number of esters is 1. The predicted molar refractivity (Wildman–Crippen MR) is 203 cm³/mol. The summed E-state index contributed by atoms with van der Waals surface area (Å²) in [6, 6.07) is 4.42. The molecule has 16 heteroatoms. The maximum atomic E-state index is 17.2. The number of fused-ring (bicyclic) bond motifs is 5. The first kappa shape index (κ1) is 38.1. The lowest BCUT2D eigenvalue weighted by Gasteiger charge is -2.41. The van der Waals surface area contributed by atoms with Crippen molar-refractivity contribution in [1.29, 1.82) is 0 Å². The summed E-state index contributed by atoms with van der Waals surface area (Å²) in [5, 5.41) is 11.4. The molecule has 0 radical (unpaired) electrons. The molecule has 9 rings (SSSR count). The minimum atomic E-state index is -2.73. The normalized spacial score (nSPS) is 26.3. The molecule has 3 unspecified atom stereocenters. The zero-order chi connectivity index (χ0) is 40.9. The van der Waals surface area contributed by atoms with Gasteiger partial charge in [-0.2, -0.15) is 9.97 Å². The van der Waals surface area contributed by atoms with Gasteiger partial charge in [0, 0.05) is 50.1 Å². The molecule has 2 aromatic heterocycles. The zero-order valence-corrected chi connectivity index (χ0v) is 32.2. The van der Waals surface area contributed by atoms with Crippen molar-refractivity contribution in [3.63, 3.8) is 0 Å². The van der Waals surface area contributed by atoms with Gasteiger partial charge < -0.3 is 24.2 Å². The summed E-state index contributed by atoms with van der Waals surface area (Å²) in [6.07, 6.45) is 8.27. The summed E-state index contributed by atoms with van der Waals surface area (Å²) in [6.45, 7) is 6.36. The van der Waals surface area contributed by atoms with E-state index in [4.69, 9.17) is 25.6 Å². The molecule has 1 spiro atoms. The number of ether oxygens (including phenoxy) is 3. The van der Waals surface area contributed by atoms with Gasteiger partial charge in [0.25, 0.3) is 5.92 Å². The number of piperazine rings is 1. The Morgan fingerprint density at radius 1 is 1.07 bits per heavy atom. The topological polar surface area (TPSA) is 130 Å². The first-order valence-electron chi connectivity index (χ1n) is 19.6. The van der Waals surface area contributed by atoms with Crippen molar-refractivity contribution in [3.05, 3.63) is 47.7 Å². The van der Waals surface area contributed by atoms with Crippen LogP contribution in [-0.2, 0) is 14.3 Å². The van der Waals surface area contributed by atoms with Crippen LogP contribution in [0, 0.1) is 35.3 Å². The number of alkyl halides is 2. The van der Waals surface area contributed by atoms with Gasteiger partial charge in [0.05, 0.1) is 39.9 Å². The van der Waals surface area contributed by atoms with E-state index in [2.05, 4.69) is 20.8 Å². The molecule has 4 aliphatic heterocycles. The van der Waals surface area contributed by atoms with Crippen LogP contribution in [0.25, 0.3) is 32.9 Å². The number of aromatic nitrogens is 3. The molecule has 5 aliphatic rings. The summed E-state index contributed by atoms with van der Waals surface area (Å²) in [7, 11) is 0. The Balaban J connectivity index is 1.09. The van der Waals surface area contributed by atoms with E-state index in [1.807, 2.05) is 4.90 Å². The molecule has 58 heavy (non-hydrogen) atoms. The highest BCUT2D eigenvalue weighted by atomic mass is 19.3. The lowest BCUT2D eigenvalue weighted by atomic mass is 9.89. The molecule has 5 fully saturated rings. The van der Waals surface area contributed by atoms with Crippen LogP contribution < -0.4 is 9.64 Å². The fourth-order valence-electron chi connectivity index (χ4n) is 9.82. The van der Waals surface area contributed by atoms with Crippen LogP contribution in [0.4, 0.5) is 28.2 Å². The summed E-state index contributed by atoms with van der Waals surface area (Å²) >= 11 is 0. The number of phenols is 1. The van der Waals surface area contributed by atoms with Gasteiger partial charge in [-0.15, -0.1) is 6.42 Å². The number of halogens is 4. The Hall–Kier alpha value is -5.43. The Labute approximate surface area is 331 Å². The number of anilines is 1. The number of carbonyl (C=O) groups is 2. The van der Waals surface area contributed by atoms with Crippen molar-refractivity contribution >= 4 is 39.6 Å². The number of hydrogen-bond donors (Lipinski definition) is 1. The molecule has 4 saturated heterocycles. The molecule has 4 aromatic rings. The van der Waals surface area contributed by atoms with Crippen molar-refractivity contribution < 1.29 is 46.5 Å². The van der Waals surface area contributed by atoms with Gasteiger partial charge in [0.15, 0.2) is 5.82 Å². The molecule has 2 aromatic carbocycles. The largest absolute Gasteiger partial charge is 0.508 e. The molecule has 1 aliphatic carbocycles. The van der Waals surface area contributed by atoms with Crippen LogP contribution in [-0.4, -0.2) is 105 Å². The Morgan fingerprint density at radius 3 is 2.50 bits per heavy atom. The molecule has 304 valence electrons. The van der Waals surface area contributed by atoms with Gasteiger partial charge in [-0.25, -0.2) is 22.4 Å². The highest BCUT2D eigenvalue weighted by Crippen LogP contribution is 2.69. The first-order valence-corrected chi connectivity index (χ1v) is 19.6. The number of pyridine rings is 1. The van der Waals surface area contributed by atoms with E-state index in [-0.39, 0.29) is 102 Å². The van der Waals surface area contributed by atoms with E-state index in [9.17, 15) is 23.5 Å². The average Bonchev–Trinajstić information content (AvgIpc) is 3.44. The van der Waals surface area contributed by atoms with Gasteiger partial charge in [-0.1, -0.05) is 25.8 Å². The van der Waals surface area contributed by atoms with Gasteiger partial charge in [-0.3, -0.25) is 19.6 Å². The second-order valence-electron chi connectivity index (χ2n) is 16.8. The smallest absolute Gasteiger partial charge is 0.413 e. The molecule has 1 amide bonds. The van der Waals surface area contributed by atoms with Crippen molar-refractivity contribution in [3.8, 4) is 35.4 Å². The molecule has 1 saturated carbocycles. The molecule has 6 heterocycles. The monoisotopic (exact) mass is 802 g/mol. The number of benzene rings is 2. The third-order valence-electron chi connectivity index (χ3n) is 12.7. The second kappa shape index (κ2) is 13.6. The lowest BCUT2D eigenvalue weighted by molar-refractivity contribution is -0.170. The standard InChI is InChI=1S/C42H42F4N6O6/c1-5-28-31(43)10-7-24-13-27(53)14-29(32(24)28)34-33(44)35-30(15-47-34)36(49-38(48-35)56-21-41-11-6-12-51(41)20-40(18-41)19-42(40,45)46)50-16-25-8-9-26(17-50)52(25)39(55)58-23(4)57-37(54)22(2)3/h1,7,10,13-15,22-23,25-26,53H,6,8-9,11-12,16-21H2,2-4H3/t23?,25?,26?,40-,41-/m0/s1. The van der Waals surface area contributed by atoms with Crippen molar-refractivity contribution in [2.24, 2.45) is 11.3 Å². The number of terminal acetylenes is 1. The Bertz CT molecular complexity index is 2410. The lowest BCUT2D eigenvalue weighted by Crippen LogP contribution is -2.56. The highest BCUT2D eigenvalue weighted by molar-refractivity contribution is 6.03. The Morgan fingerprint density at radius 2 is 1.81 bits per heavy atom. The summed E-state index contributed by atoms with van der Waals surface area (Å²) in [5.41, 5.74) is -2.23. The van der Waals surface area contributed by atoms with Crippen molar-refractivity contribution in [2.45, 2.75) is 89.1 Å². The fraction of sp³-hybridized carbons (Fsp3) is 0.500. The summed E-state index contributed by atoms with van der Waals surface area (Å²) in [4.78, 5) is 45.0. The van der Waals surface area contributed by atoms with E-state index in [0.717, 1.165) is 6.42 Å². The zero-order valence-electron chi connectivity index (χ0n) is 32.2. The number of carbonyl (C=O) groups excluding carboxylic acids is 2. The number of rotatable bonds is 8. The van der Waals surface area contributed by atoms with Crippen LogP contribution in [0.1, 0.15) is 64.9 Å². The number of phenolic OH excluding ortho intramolecular Hbond substituents is 1. The van der Waals surface area contributed by atoms with Gasteiger partial charge in [-0.05, 0) is 62.2 Å². The summed E-state index contributed by atoms with van der Waals surface area (Å²) < 4.78 is 78.5. The average molecular weight is 803 g/mol. The van der Waals surface area contributed by atoms with Crippen LogP contribution in [0.15, 0.2) is 30.5 Å². The number of amides is 1. The number of hydrogen-bond acceptors (Lipinski definition) is 11. The minimum Gasteiger partial charge on any atom is -0.508 e. The molecule has 1 N–H and O–H groups in total. The van der Waals surface area contributed by atoms with E-state index in [1.165, 1.54) is 37.4 Å². The van der Waals surface area contributed by atoms with Crippen LogP contribution in [0.5, 0.6) is 11.8 Å². The molecular formula is C42H42F4N6O6. The fourth-order valence-corrected chi connectivity index (χ4v) is 9.82. The van der Waals surface area contributed by atoms with Crippen LogP contribution >= 0.6 is 0 Å². The van der Waals surface area contributed by atoms with Crippen LogP contribution in [0.2, 0.25) is 0 Å². The van der Waals surface area contributed by atoms with E-state index >= 15 is 8.78 Å². The van der Waals surface area contributed by atoms with Crippen molar-refractivity contribution in [2.75, 3.05) is 37.7 Å². The predicted octanol–water partition coefficient (Wildman–Crippen LogP) is 6.79. The number of nitrogens with zero attached hydrogens (tertiary/aromatic N) is 6. The van der Waals surface area contributed by atoms with Crippen molar-refractivity contribution in [1.82, 2.24) is 24.8 Å². The summed E-state index contributed by atoms with van der Waals surface area (Å²) in [5.74, 6) is -2.82. The molecule has 12 nitrogen and oxygen atoms in total. The molecular weight excluding hydrogens is 760 g/mol. The minimum absolute atomic E-state index is 0.0156. The SMILES string of the molecule is C#Cc1c(F)ccc2cc(O)cc(-c3ncc4c(N5CC6CCC(C5)N6C(=O)OC(C)OC(=O)C(C)C)nc(OC[C@@]56CCCN5C[C@@]5(CC5(F)F)C6)nc4c3F)c12. The third kappa shape index (κ3) is 6.11. The highest BCUT2D eigenvalue weighted by Gasteiger charge is 2.77. The molecule has 5 atom stereocenters. The van der Waals surface area contributed by atoms with Gasteiger partial charge >= 0.3 is 18.1 Å². The molecule has 2 bridgehead atoms.